The molecule has 0 aliphatic carbocycles. The lowest BCUT2D eigenvalue weighted by atomic mass is 10.00. The van der Waals surface area contributed by atoms with Gasteiger partial charge in [0.25, 0.3) is 0 Å². The van der Waals surface area contributed by atoms with Gasteiger partial charge in [-0.2, -0.15) is 0 Å². The van der Waals surface area contributed by atoms with Crippen molar-refractivity contribution in [3.8, 4) is 0 Å². The van der Waals surface area contributed by atoms with Crippen LogP contribution < -0.4 is 0 Å². The lowest BCUT2D eigenvalue weighted by Gasteiger charge is -2.21. The molecule has 0 aliphatic heterocycles. The largest absolute Gasteiger partial charge is 0.472 e. The van der Waals surface area contributed by atoms with Crippen LogP contribution in [0.5, 0.6) is 0 Å². The highest BCUT2D eigenvalue weighted by atomic mass is 31.2. The molecule has 19 heteroatoms. The summed E-state index contributed by atoms with van der Waals surface area (Å²) in [6.07, 6.45) is 61.2. The van der Waals surface area contributed by atoms with E-state index in [1.54, 1.807) is 0 Å². The summed E-state index contributed by atoms with van der Waals surface area (Å²) >= 11 is 0. The van der Waals surface area contributed by atoms with E-state index in [1.807, 2.05) is 0 Å². The van der Waals surface area contributed by atoms with E-state index < -0.39 is 97.5 Å². The van der Waals surface area contributed by atoms with Gasteiger partial charge < -0.3 is 33.8 Å². The number of unbranched alkanes of at least 4 members (excludes halogenated alkanes) is 49. The maximum Gasteiger partial charge on any atom is 0.472 e. The van der Waals surface area contributed by atoms with Crippen molar-refractivity contribution in [1.29, 1.82) is 0 Å². The van der Waals surface area contributed by atoms with Gasteiger partial charge >= 0.3 is 39.5 Å². The minimum Gasteiger partial charge on any atom is -0.462 e. The maximum atomic E-state index is 13.1. The Labute approximate surface area is 594 Å². The van der Waals surface area contributed by atoms with E-state index in [9.17, 15) is 43.2 Å². The first-order valence-electron chi connectivity index (χ1n) is 40.7. The summed E-state index contributed by atoms with van der Waals surface area (Å²) in [6, 6.07) is 0. The van der Waals surface area contributed by atoms with Gasteiger partial charge in [-0.15, -0.1) is 0 Å². The molecule has 0 aliphatic rings. The standard InChI is InChI=1S/C78H152O17P2/c1-6-10-13-16-19-22-25-27-29-31-32-33-34-35-37-39-41-44-47-53-58-63-77(82)94-73(67-88-76(81)62-57-52-46-43-40-38-36-30-28-26-23-20-17-14-11-7-2)69-92-96(84,85)90-65-72(79)66-91-97(86,87)93-70-74(95-78(83)64-59-54-49-48-50-55-60-71(5)9-4)68-89-75(80)61-56-51-45-42-24-21-18-15-12-8-3/h71-74,79H,6-70H2,1-5H3,(H,84,85)(H,86,87)/t71?,72-,73-,74-/m1/s1. The minimum atomic E-state index is -4.96. The third-order valence-electron chi connectivity index (χ3n) is 18.6. The van der Waals surface area contributed by atoms with Gasteiger partial charge in [0.2, 0.25) is 0 Å². The molecule has 0 saturated carbocycles. The van der Waals surface area contributed by atoms with Crippen LogP contribution in [-0.2, 0) is 65.4 Å². The number of carbonyl (C=O) groups is 4. The molecule has 0 rings (SSSR count). The van der Waals surface area contributed by atoms with Crippen molar-refractivity contribution >= 4 is 39.5 Å². The normalized spacial score (nSPS) is 14.2. The molecule has 0 aromatic carbocycles. The van der Waals surface area contributed by atoms with E-state index in [0.29, 0.717) is 25.7 Å². The minimum absolute atomic E-state index is 0.104. The molecule has 576 valence electrons. The van der Waals surface area contributed by atoms with Crippen molar-refractivity contribution in [2.45, 2.75) is 432 Å². The van der Waals surface area contributed by atoms with Crippen LogP contribution in [-0.4, -0.2) is 96.7 Å². The first kappa shape index (κ1) is 95.1. The predicted molar refractivity (Wildman–Crippen MR) is 395 cm³/mol. The highest BCUT2D eigenvalue weighted by Crippen LogP contribution is 2.45. The number of hydrogen-bond donors (Lipinski definition) is 3. The average molecular weight is 1420 g/mol. The molecule has 0 heterocycles. The molecule has 3 unspecified atom stereocenters. The summed E-state index contributed by atoms with van der Waals surface area (Å²) in [5, 5.41) is 10.6. The molecule has 0 amide bonds. The lowest BCUT2D eigenvalue weighted by molar-refractivity contribution is -0.161. The number of carbonyl (C=O) groups excluding carboxylic acids is 4. The molecule has 0 spiro atoms. The third-order valence-corrected chi connectivity index (χ3v) is 20.5. The molecule has 0 aromatic rings. The van der Waals surface area contributed by atoms with Crippen LogP contribution in [0.4, 0.5) is 0 Å². The van der Waals surface area contributed by atoms with E-state index in [-0.39, 0.29) is 25.7 Å². The third kappa shape index (κ3) is 70.9. The molecule has 0 aromatic heterocycles. The zero-order valence-electron chi connectivity index (χ0n) is 63.2. The molecule has 0 bridgehead atoms. The Morgan fingerprint density at radius 3 is 0.732 bits per heavy atom. The predicted octanol–water partition coefficient (Wildman–Crippen LogP) is 23.3. The molecular weight excluding hydrogens is 1270 g/mol. The van der Waals surface area contributed by atoms with Gasteiger partial charge in [-0.05, 0) is 31.6 Å². The number of ether oxygens (including phenoxy) is 4. The number of aliphatic hydroxyl groups excluding tert-OH is 1. The summed E-state index contributed by atoms with van der Waals surface area (Å²) in [5.41, 5.74) is 0. The number of aliphatic hydroxyl groups is 1. The number of phosphoric ester groups is 2. The van der Waals surface area contributed by atoms with E-state index in [1.165, 1.54) is 238 Å². The van der Waals surface area contributed by atoms with Crippen LogP contribution in [0.1, 0.15) is 413 Å². The topological polar surface area (TPSA) is 237 Å². The second-order valence-electron chi connectivity index (χ2n) is 28.3. The molecular formula is C78H152O17P2. The second-order valence-corrected chi connectivity index (χ2v) is 31.3. The van der Waals surface area contributed by atoms with E-state index in [2.05, 4.69) is 34.6 Å². The quantitative estimate of drug-likeness (QED) is 0.0222. The molecule has 0 fully saturated rings. The highest BCUT2D eigenvalue weighted by Gasteiger charge is 2.30. The number of hydrogen-bond acceptors (Lipinski definition) is 15. The zero-order valence-corrected chi connectivity index (χ0v) is 65.0. The fraction of sp³-hybridized carbons (Fsp3) is 0.949. The van der Waals surface area contributed by atoms with Crippen molar-refractivity contribution in [2.24, 2.45) is 5.92 Å². The van der Waals surface area contributed by atoms with Gasteiger partial charge in [0.15, 0.2) is 12.2 Å². The van der Waals surface area contributed by atoms with E-state index >= 15 is 0 Å². The second kappa shape index (κ2) is 71.1. The van der Waals surface area contributed by atoms with Crippen molar-refractivity contribution in [2.75, 3.05) is 39.6 Å². The Balaban J connectivity index is 5.19. The van der Waals surface area contributed by atoms with Gasteiger partial charge in [0.1, 0.15) is 19.3 Å². The maximum absolute atomic E-state index is 13.1. The summed E-state index contributed by atoms with van der Waals surface area (Å²) in [4.78, 5) is 72.8. The Hall–Kier alpha value is -1.94. The van der Waals surface area contributed by atoms with E-state index in [0.717, 1.165) is 95.8 Å². The fourth-order valence-electron chi connectivity index (χ4n) is 12.0. The van der Waals surface area contributed by atoms with Crippen molar-refractivity contribution in [1.82, 2.24) is 0 Å². The first-order chi connectivity index (χ1) is 47.1. The number of phosphoric acid groups is 2. The molecule has 0 radical (unpaired) electrons. The summed E-state index contributed by atoms with van der Waals surface area (Å²) in [7, 11) is -9.91. The van der Waals surface area contributed by atoms with Crippen LogP contribution in [0.3, 0.4) is 0 Å². The molecule has 97 heavy (non-hydrogen) atoms. The Morgan fingerprint density at radius 1 is 0.289 bits per heavy atom. The van der Waals surface area contributed by atoms with Gasteiger partial charge in [0, 0.05) is 25.7 Å². The SMILES string of the molecule is CCCCCCCCCCCCCCCCCCCCCCCC(=O)O[C@H](COC(=O)CCCCCCCCCCCCCCCCCC)COP(=O)(O)OC[C@@H](O)COP(=O)(O)OC[C@@H](COC(=O)CCCCCCCCCCCC)OC(=O)CCCCCCCCC(C)CC. The van der Waals surface area contributed by atoms with Crippen molar-refractivity contribution in [3.63, 3.8) is 0 Å². The molecule has 3 N–H and O–H groups in total. The summed E-state index contributed by atoms with van der Waals surface area (Å²) in [6.45, 7) is 7.25. The fourth-order valence-corrected chi connectivity index (χ4v) is 13.6. The molecule has 0 saturated heterocycles. The van der Waals surface area contributed by atoms with Crippen molar-refractivity contribution in [3.05, 3.63) is 0 Å². The lowest BCUT2D eigenvalue weighted by Crippen LogP contribution is -2.30. The van der Waals surface area contributed by atoms with Gasteiger partial charge in [-0.25, -0.2) is 9.13 Å². The van der Waals surface area contributed by atoms with Gasteiger partial charge in [-0.3, -0.25) is 37.3 Å². The summed E-state index contributed by atoms with van der Waals surface area (Å²) < 4.78 is 68.5. The van der Waals surface area contributed by atoms with Gasteiger partial charge in [0.05, 0.1) is 26.4 Å². The van der Waals surface area contributed by atoms with Crippen LogP contribution in [0.15, 0.2) is 0 Å². The molecule has 17 nitrogen and oxygen atoms in total. The average Bonchev–Trinajstić information content (AvgIpc) is 0.992. The zero-order chi connectivity index (χ0) is 71.2. The van der Waals surface area contributed by atoms with E-state index in [4.69, 9.17) is 37.0 Å². The van der Waals surface area contributed by atoms with Crippen LogP contribution >= 0.6 is 15.6 Å². The Bertz CT molecular complexity index is 1860. The van der Waals surface area contributed by atoms with Crippen LogP contribution in [0, 0.1) is 5.92 Å². The van der Waals surface area contributed by atoms with Crippen molar-refractivity contribution < 1.29 is 80.2 Å². The number of esters is 4. The highest BCUT2D eigenvalue weighted by molar-refractivity contribution is 7.47. The monoisotopic (exact) mass is 1420 g/mol. The molecule has 6 atom stereocenters. The van der Waals surface area contributed by atoms with Crippen LogP contribution in [0.25, 0.3) is 0 Å². The summed E-state index contributed by atoms with van der Waals surface area (Å²) in [5.74, 6) is -1.39. The Morgan fingerprint density at radius 2 is 0.495 bits per heavy atom. The number of rotatable bonds is 78. The Kier molecular flexibility index (Phi) is 69.6. The first-order valence-corrected chi connectivity index (χ1v) is 43.7. The van der Waals surface area contributed by atoms with Crippen LogP contribution in [0.2, 0.25) is 0 Å². The van der Waals surface area contributed by atoms with Gasteiger partial charge in [-0.1, -0.05) is 362 Å². The smallest absolute Gasteiger partial charge is 0.462 e.